The summed E-state index contributed by atoms with van der Waals surface area (Å²) in [6.45, 7) is 2.66. The van der Waals surface area contributed by atoms with Gasteiger partial charge in [0, 0.05) is 23.6 Å². The number of hydrogen-bond acceptors (Lipinski definition) is 5. The number of para-hydroxylation sites is 1. The van der Waals surface area contributed by atoms with Gasteiger partial charge in [-0.15, -0.1) is 0 Å². The van der Waals surface area contributed by atoms with Crippen LogP contribution in [0.4, 0.5) is 18.0 Å². The molecular formula is C26H23ClF3N3O4S. The zero-order valence-electron chi connectivity index (χ0n) is 20.1. The van der Waals surface area contributed by atoms with Gasteiger partial charge in [0.25, 0.3) is 0 Å². The lowest BCUT2D eigenvalue weighted by molar-refractivity contribution is -0.0446. The number of benzene rings is 3. The van der Waals surface area contributed by atoms with Crippen LogP contribution >= 0.6 is 11.6 Å². The fourth-order valence-electron chi connectivity index (χ4n) is 3.91. The molecule has 0 unspecified atom stereocenters. The molecule has 0 aliphatic heterocycles. The summed E-state index contributed by atoms with van der Waals surface area (Å²) in [4.78, 5) is 16.7. The highest BCUT2D eigenvalue weighted by Gasteiger charge is 2.47. The van der Waals surface area contributed by atoms with Crippen molar-refractivity contribution in [3.05, 3.63) is 83.1 Å². The Kier molecular flexibility index (Phi) is 7.98. The predicted octanol–water partition coefficient (Wildman–Crippen LogP) is 6.69. The normalized spacial score (nSPS) is 12.0. The van der Waals surface area contributed by atoms with Gasteiger partial charge in [0.05, 0.1) is 11.0 Å². The van der Waals surface area contributed by atoms with Crippen LogP contribution in [0, 0.1) is 0 Å². The molecule has 0 aliphatic carbocycles. The van der Waals surface area contributed by atoms with E-state index in [9.17, 15) is 26.4 Å². The number of rotatable bonds is 8. The quantitative estimate of drug-likeness (QED) is 0.257. The molecular weight excluding hydrogens is 543 g/mol. The van der Waals surface area contributed by atoms with Gasteiger partial charge in [-0.25, -0.2) is 14.5 Å². The number of aryl methyl sites for hydroxylation is 1. The number of hydrogen-bond donors (Lipinski definition) is 1. The van der Waals surface area contributed by atoms with E-state index in [1.54, 1.807) is 24.3 Å². The van der Waals surface area contributed by atoms with Gasteiger partial charge >= 0.3 is 21.6 Å². The highest BCUT2D eigenvalue weighted by atomic mass is 35.5. The van der Waals surface area contributed by atoms with Gasteiger partial charge < -0.3 is 9.30 Å². The summed E-state index contributed by atoms with van der Waals surface area (Å²) >= 11 is 6.15. The first-order valence-corrected chi connectivity index (χ1v) is 13.5. The second-order valence-corrected chi connectivity index (χ2v) is 10.6. The van der Waals surface area contributed by atoms with Crippen LogP contribution in [0.3, 0.4) is 0 Å². The molecule has 0 saturated heterocycles. The molecule has 0 fully saturated rings. The van der Waals surface area contributed by atoms with E-state index in [-0.39, 0.29) is 5.75 Å². The van der Waals surface area contributed by atoms with Crippen molar-refractivity contribution < 1.29 is 31.1 Å². The first kappa shape index (κ1) is 27.5. The van der Waals surface area contributed by atoms with E-state index in [1.807, 2.05) is 30.3 Å². The minimum absolute atomic E-state index is 0.102. The van der Waals surface area contributed by atoms with Gasteiger partial charge in [-0.3, -0.25) is 0 Å². The third kappa shape index (κ3) is 6.11. The molecule has 1 heterocycles. The Hall–Kier alpha value is -3.57. The lowest BCUT2D eigenvalue weighted by Crippen LogP contribution is -2.41. The molecule has 3 aromatic carbocycles. The number of unbranched alkanes of at least 4 members (excludes halogenated alkanes) is 1. The van der Waals surface area contributed by atoms with Gasteiger partial charge in [0.1, 0.15) is 11.6 Å². The summed E-state index contributed by atoms with van der Waals surface area (Å²) in [5.74, 6) is 0.848. The van der Waals surface area contributed by atoms with Gasteiger partial charge in [0.15, 0.2) is 0 Å². The number of nitrogens with one attached hydrogen (secondary N) is 1. The molecule has 0 bridgehead atoms. The first-order chi connectivity index (χ1) is 18.0. The number of nitrogens with zero attached hydrogens (tertiary/aromatic N) is 2. The maximum absolute atomic E-state index is 12.6. The highest BCUT2D eigenvalue weighted by Crippen LogP contribution is 2.31. The molecule has 38 heavy (non-hydrogen) atoms. The fourth-order valence-corrected chi connectivity index (χ4v) is 4.45. The Morgan fingerprint density at radius 3 is 2.47 bits per heavy atom. The van der Waals surface area contributed by atoms with Crippen LogP contribution in [0.2, 0.25) is 5.02 Å². The summed E-state index contributed by atoms with van der Waals surface area (Å²) in [5.41, 5.74) is -1.90. The van der Waals surface area contributed by atoms with Crippen molar-refractivity contribution in [3.63, 3.8) is 0 Å². The van der Waals surface area contributed by atoms with E-state index < -0.39 is 21.6 Å². The van der Waals surface area contributed by atoms with Gasteiger partial charge in [-0.2, -0.15) is 21.6 Å². The van der Waals surface area contributed by atoms with E-state index >= 15 is 0 Å². The summed E-state index contributed by atoms with van der Waals surface area (Å²) in [5, 5.41) is 0.610. The van der Waals surface area contributed by atoms with Gasteiger partial charge in [-0.05, 0) is 41.8 Å². The smallest absolute Gasteiger partial charge is 0.409 e. The SMILES string of the molecule is CCCCc1nc2cc(Cl)ccc2n1Cc1ccc(-c2ccccc2OC(=O)NS(=O)(=O)C(F)(F)F)cc1. The Morgan fingerprint density at radius 1 is 1.08 bits per heavy atom. The van der Waals surface area contributed by atoms with E-state index in [4.69, 9.17) is 21.3 Å². The van der Waals surface area contributed by atoms with Crippen LogP contribution in [0.15, 0.2) is 66.7 Å². The van der Waals surface area contributed by atoms with Gasteiger partial charge in [0.2, 0.25) is 0 Å². The molecule has 1 aromatic heterocycles. The molecule has 1 N–H and O–H groups in total. The molecule has 0 aliphatic rings. The summed E-state index contributed by atoms with van der Waals surface area (Å²) < 4.78 is 68.0. The van der Waals surface area contributed by atoms with Crippen molar-refractivity contribution in [1.29, 1.82) is 0 Å². The molecule has 7 nitrogen and oxygen atoms in total. The van der Waals surface area contributed by atoms with Crippen molar-refractivity contribution in [1.82, 2.24) is 14.3 Å². The lowest BCUT2D eigenvalue weighted by Gasteiger charge is -2.13. The van der Waals surface area contributed by atoms with Crippen LogP contribution in [-0.2, 0) is 23.0 Å². The van der Waals surface area contributed by atoms with Crippen molar-refractivity contribution >= 4 is 38.8 Å². The number of imidazole rings is 1. The third-order valence-corrected chi connectivity index (χ3v) is 7.04. The number of alkyl halides is 3. The van der Waals surface area contributed by atoms with Crippen LogP contribution < -0.4 is 9.46 Å². The number of fused-ring (bicyclic) bond motifs is 1. The maximum atomic E-state index is 12.6. The van der Waals surface area contributed by atoms with Crippen LogP contribution in [0.25, 0.3) is 22.2 Å². The average molecular weight is 566 g/mol. The maximum Gasteiger partial charge on any atom is 0.516 e. The molecule has 1 amide bonds. The standard InChI is InChI=1S/C26H23ClF3N3O4S/c1-2-3-8-24-31-21-15-19(27)13-14-22(21)33(24)16-17-9-11-18(12-10-17)20-6-4-5-7-23(20)37-25(34)32-38(35,36)26(28,29)30/h4-7,9-15H,2-3,8,16H2,1H3,(H,32,34). The minimum atomic E-state index is -5.89. The van der Waals surface area contributed by atoms with E-state index in [1.165, 1.54) is 12.1 Å². The number of carbonyl (C=O) groups is 1. The number of ether oxygens (including phenoxy) is 1. The molecule has 0 saturated carbocycles. The topological polar surface area (TPSA) is 90.3 Å². The Labute approximate surface area is 222 Å². The highest BCUT2D eigenvalue weighted by molar-refractivity contribution is 7.90. The predicted molar refractivity (Wildman–Crippen MR) is 138 cm³/mol. The second kappa shape index (κ2) is 11.0. The van der Waals surface area contributed by atoms with Crippen LogP contribution in [-0.4, -0.2) is 29.6 Å². The minimum Gasteiger partial charge on any atom is -0.409 e. The Bertz CT molecular complexity index is 1570. The number of sulfonamides is 1. The monoisotopic (exact) mass is 565 g/mol. The lowest BCUT2D eigenvalue weighted by atomic mass is 10.0. The number of halogens is 4. The fraction of sp³-hybridized carbons (Fsp3) is 0.231. The zero-order chi connectivity index (χ0) is 27.5. The Balaban J connectivity index is 1.57. The number of amides is 1. The van der Waals surface area contributed by atoms with E-state index in [0.29, 0.717) is 22.7 Å². The number of aromatic nitrogens is 2. The average Bonchev–Trinajstić information content (AvgIpc) is 3.18. The van der Waals surface area contributed by atoms with Gasteiger partial charge in [-0.1, -0.05) is 67.4 Å². The first-order valence-electron chi connectivity index (χ1n) is 11.6. The summed E-state index contributed by atoms with van der Waals surface area (Å²) in [6, 6.07) is 19.0. The summed E-state index contributed by atoms with van der Waals surface area (Å²) in [7, 11) is -5.89. The van der Waals surface area contributed by atoms with Crippen molar-refractivity contribution in [3.8, 4) is 16.9 Å². The molecule has 200 valence electrons. The molecule has 12 heteroatoms. The molecule has 0 atom stereocenters. The largest absolute Gasteiger partial charge is 0.516 e. The molecule has 4 aromatic rings. The number of carbonyl (C=O) groups excluding carboxylic acids is 1. The Morgan fingerprint density at radius 2 is 1.79 bits per heavy atom. The molecule has 4 rings (SSSR count). The molecule has 0 spiro atoms. The second-order valence-electron chi connectivity index (χ2n) is 8.48. The van der Waals surface area contributed by atoms with Crippen molar-refractivity contribution in [2.24, 2.45) is 0 Å². The van der Waals surface area contributed by atoms with Crippen molar-refractivity contribution in [2.45, 2.75) is 38.2 Å². The van der Waals surface area contributed by atoms with E-state index in [0.717, 1.165) is 46.4 Å². The van der Waals surface area contributed by atoms with Crippen LogP contribution in [0.5, 0.6) is 5.75 Å². The summed E-state index contributed by atoms with van der Waals surface area (Å²) in [6.07, 6.45) is 1.07. The zero-order valence-corrected chi connectivity index (χ0v) is 21.7. The third-order valence-electron chi connectivity index (χ3n) is 5.76. The molecule has 0 radical (unpaired) electrons. The van der Waals surface area contributed by atoms with E-state index in [2.05, 4.69) is 11.5 Å². The van der Waals surface area contributed by atoms with Crippen LogP contribution in [0.1, 0.15) is 31.2 Å². The van der Waals surface area contributed by atoms with Crippen molar-refractivity contribution in [2.75, 3.05) is 0 Å².